The van der Waals surface area contributed by atoms with E-state index in [1.165, 1.54) is 12.1 Å². The Morgan fingerprint density at radius 3 is 2.52 bits per heavy atom. The molecule has 1 aromatic heterocycles. The van der Waals surface area contributed by atoms with Crippen molar-refractivity contribution in [3.63, 3.8) is 0 Å². The number of nitrogens with zero attached hydrogens (tertiary/aromatic N) is 1. The van der Waals surface area contributed by atoms with Gasteiger partial charge in [0.1, 0.15) is 23.1 Å². The van der Waals surface area contributed by atoms with Crippen LogP contribution in [0.1, 0.15) is 29.0 Å². The van der Waals surface area contributed by atoms with Crippen LogP contribution in [-0.4, -0.2) is 24.9 Å². The molecule has 7 heteroatoms. The molecule has 0 amide bonds. The molecule has 2 aromatic carbocycles. The molecule has 29 heavy (non-hydrogen) atoms. The lowest BCUT2D eigenvalue weighted by molar-refractivity contribution is -0.116. The van der Waals surface area contributed by atoms with Gasteiger partial charge in [-0.1, -0.05) is 29.8 Å². The van der Waals surface area contributed by atoms with Crippen molar-refractivity contribution in [2.45, 2.75) is 32.4 Å². The van der Waals surface area contributed by atoms with E-state index < -0.39 is 21.4 Å². The summed E-state index contributed by atoms with van der Waals surface area (Å²) in [5.74, 6) is -0.960. The fourth-order valence-electron chi connectivity index (χ4n) is 2.93. The van der Waals surface area contributed by atoms with Gasteiger partial charge in [-0.2, -0.15) is 0 Å². The van der Waals surface area contributed by atoms with Gasteiger partial charge in [-0.15, -0.1) is 0 Å². The Kier molecular flexibility index (Phi) is 6.27. The van der Waals surface area contributed by atoms with Crippen LogP contribution in [0.2, 0.25) is 0 Å². The molecule has 0 atom stereocenters. The van der Waals surface area contributed by atoms with Gasteiger partial charge in [0.15, 0.2) is 9.84 Å². The second-order valence-electron chi connectivity index (χ2n) is 7.09. The van der Waals surface area contributed by atoms with Crippen molar-refractivity contribution in [2.24, 2.45) is 0 Å². The first-order valence-corrected chi connectivity index (χ1v) is 11.0. The predicted octanol–water partition coefficient (Wildman–Crippen LogP) is 4.21. The van der Waals surface area contributed by atoms with Crippen LogP contribution in [0.5, 0.6) is 0 Å². The number of Topliss-reactive ketones (excluding diaryl/α,β-unsaturated/α-hetero) is 1. The second kappa shape index (κ2) is 8.69. The van der Waals surface area contributed by atoms with Crippen molar-refractivity contribution in [3.8, 4) is 11.5 Å². The first-order chi connectivity index (χ1) is 13.7. The molecular formula is C22H22FNO4S. The molecule has 3 rings (SSSR count). The van der Waals surface area contributed by atoms with Crippen LogP contribution in [0, 0.1) is 19.7 Å². The van der Waals surface area contributed by atoms with Gasteiger partial charge in [0.2, 0.25) is 5.89 Å². The highest BCUT2D eigenvalue weighted by Crippen LogP contribution is 2.23. The summed E-state index contributed by atoms with van der Waals surface area (Å²) in [5.41, 5.74) is 2.81. The third kappa shape index (κ3) is 5.84. The van der Waals surface area contributed by atoms with Gasteiger partial charge in [-0.3, -0.25) is 4.79 Å². The number of aromatic nitrogens is 1. The summed E-state index contributed by atoms with van der Waals surface area (Å²) < 4.78 is 43.7. The van der Waals surface area contributed by atoms with Gasteiger partial charge in [0, 0.05) is 12.0 Å². The Balaban J connectivity index is 1.63. The summed E-state index contributed by atoms with van der Waals surface area (Å²) in [6.07, 6.45) is 0.335. The molecular weight excluding hydrogens is 393 g/mol. The van der Waals surface area contributed by atoms with Crippen LogP contribution >= 0.6 is 0 Å². The molecule has 0 saturated carbocycles. The zero-order chi connectivity index (χ0) is 21.0. The molecule has 0 radical (unpaired) electrons. The molecule has 0 saturated heterocycles. The van der Waals surface area contributed by atoms with Crippen molar-refractivity contribution < 1.29 is 22.0 Å². The minimum Gasteiger partial charge on any atom is -0.441 e. The Morgan fingerprint density at radius 2 is 1.83 bits per heavy atom. The highest BCUT2D eigenvalue weighted by Gasteiger charge is 2.22. The minimum absolute atomic E-state index is 0.0368. The van der Waals surface area contributed by atoms with E-state index in [2.05, 4.69) is 4.98 Å². The Bertz CT molecular complexity index is 1120. The van der Waals surface area contributed by atoms with Crippen molar-refractivity contribution in [2.75, 3.05) is 5.75 Å². The molecule has 0 N–H and O–H groups in total. The van der Waals surface area contributed by atoms with E-state index in [9.17, 15) is 17.6 Å². The van der Waals surface area contributed by atoms with Gasteiger partial charge in [0.05, 0.1) is 11.4 Å². The van der Waals surface area contributed by atoms with E-state index in [0.717, 1.165) is 11.1 Å². The topological polar surface area (TPSA) is 77.2 Å². The Morgan fingerprint density at radius 1 is 1.10 bits per heavy atom. The van der Waals surface area contributed by atoms with Gasteiger partial charge in [0.25, 0.3) is 0 Å². The number of aryl methyl sites for hydroxylation is 3. The first-order valence-electron chi connectivity index (χ1n) is 9.22. The van der Waals surface area contributed by atoms with Crippen molar-refractivity contribution in [1.82, 2.24) is 4.98 Å². The summed E-state index contributed by atoms with van der Waals surface area (Å²) in [5, 5.41) is 0. The number of rotatable bonds is 8. The SMILES string of the molecule is Cc1ccc(-c2nc(CS(=O)(=O)CC(=O)CCc3cccc(F)c3)c(C)o2)cc1. The first kappa shape index (κ1) is 20.9. The average molecular weight is 415 g/mol. The smallest absolute Gasteiger partial charge is 0.226 e. The Hall–Kier alpha value is -2.80. The molecule has 0 fully saturated rings. The van der Waals surface area contributed by atoms with Crippen LogP contribution in [0.3, 0.4) is 0 Å². The fraction of sp³-hybridized carbons (Fsp3) is 0.273. The molecule has 1 heterocycles. The lowest BCUT2D eigenvalue weighted by Gasteiger charge is -2.04. The number of carbonyl (C=O) groups is 1. The van der Waals surface area contributed by atoms with Crippen LogP contribution in [0.4, 0.5) is 4.39 Å². The maximum absolute atomic E-state index is 13.2. The number of sulfone groups is 1. The van der Waals surface area contributed by atoms with Crippen molar-refractivity contribution >= 4 is 15.6 Å². The molecule has 0 unspecified atom stereocenters. The number of oxazole rings is 1. The lowest BCUT2D eigenvalue weighted by Crippen LogP contribution is -2.18. The molecule has 152 valence electrons. The van der Waals surface area contributed by atoms with E-state index in [-0.39, 0.29) is 18.0 Å². The summed E-state index contributed by atoms with van der Waals surface area (Å²) >= 11 is 0. The monoisotopic (exact) mass is 415 g/mol. The predicted molar refractivity (Wildman–Crippen MR) is 109 cm³/mol. The van der Waals surface area contributed by atoms with Crippen LogP contribution in [-0.2, 0) is 26.8 Å². The number of halogens is 1. The quantitative estimate of drug-likeness (QED) is 0.551. The number of hydrogen-bond acceptors (Lipinski definition) is 5. The molecule has 0 bridgehead atoms. The lowest BCUT2D eigenvalue weighted by atomic mass is 10.1. The molecule has 0 spiro atoms. The molecule has 0 aliphatic rings. The third-order valence-corrected chi connectivity index (χ3v) is 5.99. The maximum atomic E-state index is 13.2. The normalized spacial score (nSPS) is 11.6. The molecule has 0 aliphatic carbocycles. The molecule has 5 nitrogen and oxygen atoms in total. The highest BCUT2D eigenvalue weighted by molar-refractivity contribution is 7.91. The van der Waals surface area contributed by atoms with E-state index in [0.29, 0.717) is 29.3 Å². The standard InChI is InChI=1S/C22H22FNO4S/c1-15-6-9-18(10-7-15)22-24-21(16(2)28-22)14-29(26,27)13-20(25)11-8-17-4-3-5-19(23)12-17/h3-7,9-10,12H,8,11,13-14H2,1-2H3. The summed E-state index contributed by atoms with van der Waals surface area (Å²) in [7, 11) is -3.69. The van der Waals surface area contributed by atoms with Crippen LogP contribution in [0.15, 0.2) is 52.9 Å². The third-order valence-electron chi connectivity index (χ3n) is 4.51. The molecule has 3 aromatic rings. The zero-order valence-corrected chi connectivity index (χ0v) is 17.1. The van der Waals surface area contributed by atoms with Crippen molar-refractivity contribution in [1.29, 1.82) is 0 Å². The summed E-state index contributed by atoms with van der Waals surface area (Å²) in [6, 6.07) is 13.5. The van der Waals surface area contributed by atoms with Gasteiger partial charge in [-0.05, 0) is 50.1 Å². The number of hydrogen-bond donors (Lipinski definition) is 0. The number of ketones is 1. The van der Waals surface area contributed by atoms with E-state index in [1.807, 2.05) is 31.2 Å². The fourth-order valence-corrected chi connectivity index (χ4v) is 4.36. The van der Waals surface area contributed by atoms with Gasteiger partial charge in [-0.25, -0.2) is 17.8 Å². The van der Waals surface area contributed by atoms with Crippen LogP contribution in [0.25, 0.3) is 11.5 Å². The summed E-state index contributed by atoms with van der Waals surface area (Å²) in [6.45, 7) is 3.62. The summed E-state index contributed by atoms with van der Waals surface area (Å²) in [4.78, 5) is 16.4. The second-order valence-corrected chi connectivity index (χ2v) is 9.15. The van der Waals surface area contributed by atoms with E-state index >= 15 is 0 Å². The van der Waals surface area contributed by atoms with E-state index in [4.69, 9.17) is 4.42 Å². The van der Waals surface area contributed by atoms with Crippen molar-refractivity contribution in [3.05, 3.63) is 76.9 Å². The minimum atomic E-state index is -3.69. The van der Waals surface area contributed by atoms with E-state index in [1.54, 1.807) is 19.1 Å². The zero-order valence-electron chi connectivity index (χ0n) is 16.3. The van der Waals surface area contributed by atoms with Gasteiger partial charge < -0.3 is 4.42 Å². The van der Waals surface area contributed by atoms with Crippen LogP contribution < -0.4 is 0 Å². The average Bonchev–Trinajstić information content (AvgIpc) is 3.00. The van der Waals surface area contributed by atoms with Gasteiger partial charge >= 0.3 is 0 Å². The Labute approximate surface area is 169 Å². The highest BCUT2D eigenvalue weighted by atomic mass is 32.2. The number of carbonyl (C=O) groups excluding carboxylic acids is 1. The maximum Gasteiger partial charge on any atom is 0.226 e. The largest absolute Gasteiger partial charge is 0.441 e. The molecule has 0 aliphatic heterocycles. The number of benzene rings is 2.